The molecule has 9 heteroatoms. The van der Waals surface area contributed by atoms with Crippen molar-refractivity contribution in [2.75, 3.05) is 20.3 Å². The predicted molar refractivity (Wildman–Crippen MR) is 155 cm³/mol. The number of hydrogen-bond donors (Lipinski definition) is 0. The number of amides is 1. The first-order chi connectivity index (χ1) is 18.3. The summed E-state index contributed by atoms with van der Waals surface area (Å²) in [4.78, 5) is 14.9. The number of aryl methyl sites for hydroxylation is 1. The van der Waals surface area contributed by atoms with Gasteiger partial charge in [0.1, 0.15) is 0 Å². The Hall–Kier alpha value is -2.78. The number of rotatable bonds is 14. The summed E-state index contributed by atoms with van der Waals surface area (Å²) < 4.78 is 41.2. The van der Waals surface area contributed by atoms with Gasteiger partial charge >= 0.3 is 0 Å². The largest absolute Gasteiger partial charge is 0.493 e. The van der Waals surface area contributed by atoms with Crippen LogP contribution in [0.25, 0.3) is 6.08 Å². The minimum Gasteiger partial charge on any atom is -0.493 e. The molecule has 1 saturated heterocycles. The highest BCUT2D eigenvalue weighted by atomic mass is 32.2. The van der Waals surface area contributed by atoms with Gasteiger partial charge in [-0.05, 0) is 67.9 Å². The Kier molecular flexibility index (Phi) is 11.3. The minimum atomic E-state index is -3.95. The van der Waals surface area contributed by atoms with Gasteiger partial charge in [0, 0.05) is 6.54 Å². The molecule has 1 heterocycles. The summed E-state index contributed by atoms with van der Waals surface area (Å²) in [5.41, 5.74) is 1.71. The van der Waals surface area contributed by atoms with Crippen LogP contribution < -0.4 is 9.47 Å². The number of carbonyl (C=O) groups excluding carboxylic acids is 1. The smallest absolute Gasteiger partial charge is 0.284 e. The number of unbranched alkanes of at least 4 members (excludes halogenated alkanes) is 6. The molecule has 0 spiro atoms. The summed E-state index contributed by atoms with van der Waals surface area (Å²) in [6.07, 6.45) is 10.1. The Morgan fingerprint density at radius 2 is 1.63 bits per heavy atom. The van der Waals surface area contributed by atoms with E-state index in [0.29, 0.717) is 29.6 Å². The number of amidine groups is 1. The molecule has 7 nitrogen and oxygen atoms in total. The summed E-state index contributed by atoms with van der Waals surface area (Å²) in [5.74, 6) is 0.963. The van der Waals surface area contributed by atoms with Crippen LogP contribution in [0.15, 0.2) is 56.7 Å². The second-order valence-electron chi connectivity index (χ2n) is 9.20. The summed E-state index contributed by atoms with van der Waals surface area (Å²) in [7, 11) is -2.35. The molecule has 1 aliphatic rings. The fourth-order valence-electron chi connectivity index (χ4n) is 4.01. The van der Waals surface area contributed by atoms with Crippen LogP contribution in [-0.4, -0.2) is 44.7 Å². The number of ether oxygens (including phenoxy) is 2. The van der Waals surface area contributed by atoms with Gasteiger partial charge in [-0.2, -0.15) is 8.42 Å². The van der Waals surface area contributed by atoms with Crippen molar-refractivity contribution in [3.63, 3.8) is 0 Å². The average Bonchev–Trinajstić information content (AvgIpc) is 3.18. The van der Waals surface area contributed by atoms with Gasteiger partial charge in [0.05, 0.1) is 23.5 Å². The third kappa shape index (κ3) is 8.11. The Morgan fingerprint density at radius 1 is 0.947 bits per heavy atom. The lowest BCUT2D eigenvalue weighted by atomic mass is 10.1. The average molecular weight is 559 g/mol. The van der Waals surface area contributed by atoms with Crippen LogP contribution in [0.3, 0.4) is 0 Å². The van der Waals surface area contributed by atoms with Crippen LogP contribution in [0.5, 0.6) is 11.5 Å². The van der Waals surface area contributed by atoms with Gasteiger partial charge in [-0.3, -0.25) is 9.69 Å². The van der Waals surface area contributed by atoms with E-state index in [0.717, 1.165) is 35.7 Å². The van der Waals surface area contributed by atoms with E-state index < -0.39 is 10.0 Å². The fourth-order valence-corrected chi connectivity index (χ4v) is 6.25. The van der Waals surface area contributed by atoms with Crippen LogP contribution in [0.1, 0.15) is 69.9 Å². The first kappa shape index (κ1) is 29.8. The maximum Gasteiger partial charge on any atom is 0.284 e. The SMILES string of the molecule is CCCCCCCCCOc1cc(/C=C2\SC(=NS(=O)(=O)c3ccc(C)cc3)N(CC)C2=O)ccc1OC. The van der Waals surface area contributed by atoms with E-state index in [2.05, 4.69) is 11.3 Å². The van der Waals surface area contributed by atoms with Gasteiger partial charge in [0.2, 0.25) is 0 Å². The number of thioether (sulfide) groups is 1. The van der Waals surface area contributed by atoms with Gasteiger partial charge in [-0.25, -0.2) is 0 Å². The molecule has 0 aliphatic carbocycles. The molecule has 0 aromatic heterocycles. The zero-order valence-corrected chi connectivity index (χ0v) is 24.4. The number of likely N-dealkylation sites (N-methyl/N-ethyl adjacent to an activating group) is 1. The van der Waals surface area contributed by atoms with Gasteiger partial charge in [-0.15, -0.1) is 4.40 Å². The Balaban J connectivity index is 1.73. The van der Waals surface area contributed by atoms with Crippen molar-refractivity contribution >= 4 is 38.9 Å². The van der Waals surface area contributed by atoms with Crippen LogP contribution in [0.4, 0.5) is 0 Å². The van der Waals surface area contributed by atoms with Crippen LogP contribution in [-0.2, 0) is 14.8 Å². The first-order valence-corrected chi connectivity index (χ1v) is 15.5. The molecule has 0 bridgehead atoms. The van der Waals surface area contributed by atoms with Gasteiger partial charge in [-0.1, -0.05) is 69.2 Å². The van der Waals surface area contributed by atoms with Crippen molar-refractivity contribution in [1.29, 1.82) is 0 Å². The summed E-state index contributed by atoms with van der Waals surface area (Å²) in [6.45, 7) is 6.79. The summed E-state index contributed by atoms with van der Waals surface area (Å²) in [6, 6.07) is 12.0. The van der Waals surface area contributed by atoms with E-state index in [-0.39, 0.29) is 16.0 Å². The lowest BCUT2D eigenvalue weighted by Gasteiger charge is -2.12. The predicted octanol–water partition coefficient (Wildman–Crippen LogP) is 6.81. The lowest BCUT2D eigenvalue weighted by molar-refractivity contribution is -0.122. The topological polar surface area (TPSA) is 85.3 Å². The van der Waals surface area contributed by atoms with Crippen molar-refractivity contribution in [2.45, 2.75) is 70.6 Å². The van der Waals surface area contributed by atoms with Crippen LogP contribution >= 0.6 is 11.8 Å². The first-order valence-electron chi connectivity index (χ1n) is 13.2. The highest BCUT2D eigenvalue weighted by Gasteiger charge is 2.34. The zero-order chi connectivity index (χ0) is 27.5. The monoisotopic (exact) mass is 558 g/mol. The number of nitrogens with zero attached hydrogens (tertiary/aromatic N) is 2. The number of methoxy groups -OCH3 is 1. The van der Waals surface area contributed by atoms with E-state index in [1.807, 2.05) is 25.1 Å². The molecule has 206 valence electrons. The fraction of sp³-hybridized carbons (Fsp3) is 0.448. The van der Waals surface area contributed by atoms with Crippen molar-refractivity contribution in [1.82, 2.24) is 4.90 Å². The quantitative estimate of drug-likeness (QED) is 0.187. The number of hydrogen-bond acceptors (Lipinski definition) is 6. The maximum atomic E-state index is 13.1. The molecule has 38 heavy (non-hydrogen) atoms. The molecule has 1 amide bonds. The Bertz CT molecular complexity index is 1250. The molecule has 0 N–H and O–H groups in total. The van der Waals surface area contributed by atoms with E-state index in [1.54, 1.807) is 32.2 Å². The highest BCUT2D eigenvalue weighted by Crippen LogP contribution is 2.35. The Labute approximate surface area is 231 Å². The molecule has 0 unspecified atom stereocenters. The molecule has 1 fully saturated rings. The molecular weight excluding hydrogens is 520 g/mol. The van der Waals surface area contributed by atoms with Crippen molar-refractivity contribution < 1.29 is 22.7 Å². The van der Waals surface area contributed by atoms with E-state index in [9.17, 15) is 13.2 Å². The van der Waals surface area contributed by atoms with E-state index in [4.69, 9.17) is 9.47 Å². The second-order valence-corrected chi connectivity index (χ2v) is 11.8. The maximum absolute atomic E-state index is 13.1. The van der Waals surface area contributed by atoms with Crippen molar-refractivity contribution in [3.8, 4) is 11.5 Å². The van der Waals surface area contributed by atoms with E-state index >= 15 is 0 Å². The molecule has 2 aromatic rings. The number of carbonyl (C=O) groups is 1. The molecule has 3 rings (SSSR count). The normalized spacial score (nSPS) is 16.0. The lowest BCUT2D eigenvalue weighted by Crippen LogP contribution is -2.29. The van der Waals surface area contributed by atoms with Gasteiger partial charge in [0.25, 0.3) is 15.9 Å². The minimum absolute atomic E-state index is 0.0926. The third-order valence-electron chi connectivity index (χ3n) is 6.21. The van der Waals surface area contributed by atoms with Crippen molar-refractivity contribution in [3.05, 3.63) is 58.5 Å². The number of sulfonamides is 1. The third-order valence-corrected chi connectivity index (χ3v) is 8.62. The second kappa shape index (κ2) is 14.4. The van der Waals surface area contributed by atoms with Crippen LogP contribution in [0.2, 0.25) is 0 Å². The highest BCUT2D eigenvalue weighted by molar-refractivity contribution is 8.19. The molecule has 2 aromatic carbocycles. The summed E-state index contributed by atoms with van der Waals surface area (Å²) >= 11 is 1.06. The Morgan fingerprint density at radius 3 is 2.29 bits per heavy atom. The number of benzene rings is 2. The molecular formula is C29H38N2O5S2. The van der Waals surface area contributed by atoms with Gasteiger partial charge in [0.15, 0.2) is 16.7 Å². The molecule has 1 aliphatic heterocycles. The standard InChI is InChI=1S/C29H38N2O5S2/c1-5-7-8-9-10-11-12-19-36-26-20-23(15-18-25(26)35-4)21-27-28(32)31(6-2)29(37-27)30-38(33,34)24-16-13-22(3)14-17-24/h13-18,20-21H,5-12,19H2,1-4H3/b27-21-,30-29?. The molecule has 0 radical (unpaired) electrons. The molecule has 0 atom stereocenters. The van der Waals surface area contributed by atoms with Gasteiger partial charge < -0.3 is 9.47 Å². The van der Waals surface area contributed by atoms with E-state index in [1.165, 1.54) is 49.1 Å². The van der Waals surface area contributed by atoms with Crippen molar-refractivity contribution in [2.24, 2.45) is 4.40 Å². The molecule has 0 saturated carbocycles. The van der Waals surface area contributed by atoms with Crippen LogP contribution in [0, 0.1) is 6.92 Å². The summed E-state index contributed by atoms with van der Waals surface area (Å²) in [5, 5.41) is 0.147. The zero-order valence-electron chi connectivity index (χ0n) is 22.7.